The third-order valence-corrected chi connectivity index (χ3v) is 4.82. The first-order valence-electron chi connectivity index (χ1n) is 4.97. The molecule has 1 nitrogen and oxygen atoms in total. The van der Waals surface area contributed by atoms with Crippen LogP contribution in [0, 0.1) is 10.8 Å². The highest BCUT2D eigenvalue weighted by Gasteiger charge is 2.81. The second-order valence-corrected chi connectivity index (χ2v) is 5.15. The van der Waals surface area contributed by atoms with Crippen molar-refractivity contribution in [1.82, 2.24) is 0 Å². The maximum absolute atomic E-state index is 6.01. The van der Waals surface area contributed by atoms with Gasteiger partial charge in [-0.3, -0.25) is 0 Å². The van der Waals surface area contributed by atoms with Crippen molar-refractivity contribution in [3.8, 4) is 0 Å². The zero-order valence-electron chi connectivity index (χ0n) is 6.86. The van der Waals surface area contributed by atoms with Gasteiger partial charge in [0.15, 0.2) is 0 Å². The highest BCUT2D eigenvalue weighted by Crippen LogP contribution is 2.83. The number of hydrogen-bond donors (Lipinski definition) is 0. The first-order valence-corrected chi connectivity index (χ1v) is 4.97. The van der Waals surface area contributed by atoms with Gasteiger partial charge in [0.1, 0.15) is 0 Å². The Kier molecular flexibility index (Phi) is 0.602. The molecule has 60 valence electrons. The summed E-state index contributed by atoms with van der Waals surface area (Å²) < 4.78 is 6.01. The molecule has 11 heavy (non-hydrogen) atoms. The average Bonchev–Trinajstić information content (AvgIpc) is 2.84. The monoisotopic (exact) mass is 150 g/mol. The molecule has 0 bridgehead atoms. The maximum Gasteiger partial charge on any atom is 0.0747 e. The van der Waals surface area contributed by atoms with Crippen molar-refractivity contribution in [2.45, 2.75) is 44.1 Å². The summed E-state index contributed by atoms with van der Waals surface area (Å²) in [5.74, 6) is 0. The minimum absolute atomic E-state index is 0.448. The molecule has 4 aliphatic rings. The molecule has 0 unspecified atom stereocenters. The Morgan fingerprint density at radius 3 is 2.00 bits per heavy atom. The Labute approximate surface area is 67.1 Å². The highest BCUT2D eigenvalue weighted by molar-refractivity contribution is 5.30. The van der Waals surface area contributed by atoms with E-state index in [1.807, 2.05) is 0 Å². The molecule has 3 aliphatic carbocycles. The second-order valence-electron chi connectivity index (χ2n) is 5.15. The van der Waals surface area contributed by atoms with Crippen LogP contribution in [-0.4, -0.2) is 12.2 Å². The van der Waals surface area contributed by atoms with Crippen LogP contribution in [0.25, 0.3) is 0 Å². The van der Waals surface area contributed by atoms with Crippen molar-refractivity contribution in [3.63, 3.8) is 0 Å². The molecule has 4 rings (SSSR count). The van der Waals surface area contributed by atoms with Crippen molar-refractivity contribution in [2.75, 3.05) is 6.61 Å². The molecule has 0 radical (unpaired) electrons. The average molecular weight is 150 g/mol. The topological polar surface area (TPSA) is 9.23 Å². The van der Waals surface area contributed by atoms with E-state index in [0.717, 1.165) is 17.4 Å². The van der Waals surface area contributed by atoms with Crippen LogP contribution in [0.1, 0.15) is 38.5 Å². The van der Waals surface area contributed by atoms with E-state index in [9.17, 15) is 0 Å². The molecule has 0 N–H and O–H groups in total. The largest absolute Gasteiger partial charge is 0.374 e. The summed E-state index contributed by atoms with van der Waals surface area (Å²) in [4.78, 5) is 0. The van der Waals surface area contributed by atoms with E-state index < -0.39 is 0 Å². The summed E-state index contributed by atoms with van der Waals surface area (Å²) in [5, 5.41) is 0. The van der Waals surface area contributed by atoms with Crippen molar-refractivity contribution in [3.05, 3.63) is 0 Å². The summed E-state index contributed by atoms with van der Waals surface area (Å²) in [6.07, 6.45) is 8.72. The van der Waals surface area contributed by atoms with Gasteiger partial charge in [0.05, 0.1) is 12.2 Å². The predicted molar refractivity (Wildman–Crippen MR) is 41.3 cm³/mol. The Morgan fingerprint density at radius 1 is 0.818 bits per heavy atom. The first-order chi connectivity index (χ1) is 5.33. The lowest BCUT2D eigenvalue weighted by Gasteiger charge is -2.20. The van der Waals surface area contributed by atoms with Crippen molar-refractivity contribution >= 4 is 0 Å². The third kappa shape index (κ3) is 0.395. The molecule has 1 heteroatoms. The van der Waals surface area contributed by atoms with Gasteiger partial charge in [-0.05, 0) is 38.5 Å². The lowest BCUT2D eigenvalue weighted by atomic mass is 9.83. The van der Waals surface area contributed by atoms with E-state index in [2.05, 4.69) is 0 Å². The van der Waals surface area contributed by atoms with E-state index in [4.69, 9.17) is 4.74 Å². The van der Waals surface area contributed by atoms with E-state index in [0.29, 0.717) is 5.60 Å². The number of ether oxygens (including phenoxy) is 1. The van der Waals surface area contributed by atoms with Crippen molar-refractivity contribution in [1.29, 1.82) is 0 Å². The van der Waals surface area contributed by atoms with E-state index in [1.165, 1.54) is 38.5 Å². The van der Waals surface area contributed by atoms with Crippen molar-refractivity contribution in [2.24, 2.45) is 10.8 Å². The molecule has 0 aromatic heterocycles. The van der Waals surface area contributed by atoms with Crippen LogP contribution in [0.5, 0.6) is 0 Å². The Balaban J connectivity index is 1.87. The van der Waals surface area contributed by atoms with Crippen LogP contribution in [0.4, 0.5) is 0 Å². The van der Waals surface area contributed by atoms with Crippen molar-refractivity contribution < 1.29 is 4.74 Å². The number of fused-ring (bicyclic) bond motifs is 2. The Bertz CT molecular complexity index is 209. The van der Waals surface area contributed by atoms with Gasteiger partial charge in [0, 0.05) is 10.8 Å². The molecule has 1 aliphatic heterocycles. The molecule has 0 aromatic rings. The van der Waals surface area contributed by atoms with E-state index in [-0.39, 0.29) is 0 Å². The minimum Gasteiger partial charge on any atom is -0.374 e. The summed E-state index contributed by atoms with van der Waals surface area (Å²) in [5.41, 5.74) is 1.91. The molecule has 0 aromatic carbocycles. The summed E-state index contributed by atoms with van der Waals surface area (Å²) in [6.45, 7) is 1.12. The normalized spacial score (nSPS) is 43.6. The van der Waals surface area contributed by atoms with Gasteiger partial charge in [-0.15, -0.1) is 0 Å². The lowest BCUT2D eigenvalue weighted by Crippen LogP contribution is -2.24. The Morgan fingerprint density at radius 2 is 1.55 bits per heavy atom. The van der Waals surface area contributed by atoms with Gasteiger partial charge in [-0.2, -0.15) is 0 Å². The van der Waals surface area contributed by atoms with Crippen LogP contribution in [0.2, 0.25) is 0 Å². The quantitative estimate of drug-likeness (QED) is 0.514. The zero-order valence-corrected chi connectivity index (χ0v) is 6.86. The van der Waals surface area contributed by atoms with Gasteiger partial charge >= 0.3 is 0 Å². The zero-order chi connectivity index (χ0) is 7.16. The smallest absolute Gasteiger partial charge is 0.0747 e. The summed E-state index contributed by atoms with van der Waals surface area (Å²) in [6, 6.07) is 0. The van der Waals surface area contributed by atoms with Crippen LogP contribution in [0.3, 0.4) is 0 Å². The van der Waals surface area contributed by atoms with Gasteiger partial charge in [0.2, 0.25) is 0 Å². The van der Waals surface area contributed by atoms with E-state index >= 15 is 0 Å². The molecule has 3 spiro atoms. The van der Waals surface area contributed by atoms with Crippen LogP contribution in [0.15, 0.2) is 0 Å². The van der Waals surface area contributed by atoms with Crippen LogP contribution in [-0.2, 0) is 4.74 Å². The molecular formula is C10H14O. The molecule has 1 saturated heterocycles. The van der Waals surface area contributed by atoms with Gasteiger partial charge in [0.25, 0.3) is 0 Å². The SMILES string of the molecule is C1CC12COC1(CC1)C21CC1. The standard InChI is InChI=1S/C10H14O/c1-2-8(1)7-11-10(5-6-10)9(8)3-4-9/h1-7H2. The fourth-order valence-electron chi connectivity index (χ4n) is 3.66. The van der Waals surface area contributed by atoms with Gasteiger partial charge in [-0.1, -0.05) is 0 Å². The third-order valence-electron chi connectivity index (χ3n) is 4.82. The molecular weight excluding hydrogens is 136 g/mol. The van der Waals surface area contributed by atoms with Gasteiger partial charge < -0.3 is 4.74 Å². The van der Waals surface area contributed by atoms with Gasteiger partial charge in [-0.25, -0.2) is 0 Å². The van der Waals surface area contributed by atoms with Crippen LogP contribution >= 0.6 is 0 Å². The molecule has 0 atom stereocenters. The lowest BCUT2D eigenvalue weighted by molar-refractivity contribution is 0.0614. The maximum atomic E-state index is 6.01. The second kappa shape index (κ2) is 1.19. The summed E-state index contributed by atoms with van der Waals surface area (Å²) in [7, 11) is 0. The Hall–Kier alpha value is -0.0400. The van der Waals surface area contributed by atoms with Crippen LogP contribution < -0.4 is 0 Å². The number of hydrogen-bond acceptors (Lipinski definition) is 1. The predicted octanol–water partition coefficient (Wildman–Crippen LogP) is 2.11. The first kappa shape index (κ1) is 5.58. The highest BCUT2D eigenvalue weighted by atomic mass is 16.5. The molecule has 1 heterocycles. The number of rotatable bonds is 0. The molecule has 0 amide bonds. The molecule has 3 saturated carbocycles. The fraction of sp³-hybridized carbons (Fsp3) is 1.00. The van der Waals surface area contributed by atoms with E-state index in [1.54, 1.807) is 0 Å². The fourth-order valence-corrected chi connectivity index (χ4v) is 3.66. The molecule has 4 fully saturated rings. The minimum atomic E-state index is 0.448. The summed E-state index contributed by atoms with van der Waals surface area (Å²) >= 11 is 0.